The summed E-state index contributed by atoms with van der Waals surface area (Å²) in [5.41, 5.74) is 3.96. The zero-order valence-corrected chi connectivity index (χ0v) is 24.2. The maximum atomic E-state index is 13.5. The molecule has 0 aliphatic heterocycles. The maximum absolute atomic E-state index is 13.5. The van der Waals surface area contributed by atoms with Gasteiger partial charge in [0.2, 0.25) is 0 Å². The summed E-state index contributed by atoms with van der Waals surface area (Å²) in [4.78, 5) is 19.7. The van der Waals surface area contributed by atoms with E-state index < -0.39 is 0 Å². The third-order valence-corrected chi connectivity index (χ3v) is 9.15. The van der Waals surface area contributed by atoms with Gasteiger partial charge >= 0.3 is 0 Å². The van der Waals surface area contributed by atoms with Gasteiger partial charge in [0.25, 0.3) is 5.91 Å². The Morgan fingerprint density at radius 2 is 1.83 bits per heavy atom. The lowest BCUT2D eigenvalue weighted by atomic mass is 9.93. The number of rotatable bonds is 7. The number of halogens is 2. The van der Waals surface area contributed by atoms with Crippen molar-refractivity contribution < 1.29 is 9.53 Å². The zero-order chi connectivity index (χ0) is 24.9. The average molecular weight is 630 g/mol. The van der Waals surface area contributed by atoms with E-state index in [1.165, 1.54) is 36.1 Å². The van der Waals surface area contributed by atoms with Crippen LogP contribution < -0.4 is 10.1 Å². The predicted octanol–water partition coefficient (Wildman–Crippen LogP) is 8.54. The molecular weight excluding hydrogens is 600 g/mol. The number of ether oxygens (including phenoxy) is 1. The molecule has 7 heteroatoms. The van der Waals surface area contributed by atoms with Crippen molar-refractivity contribution in [3.05, 3.63) is 78.5 Å². The van der Waals surface area contributed by atoms with Gasteiger partial charge in [0.1, 0.15) is 17.4 Å². The van der Waals surface area contributed by atoms with Gasteiger partial charge in [-0.2, -0.15) is 0 Å². The summed E-state index contributed by atoms with van der Waals surface area (Å²) in [5, 5.41) is 4.14. The van der Waals surface area contributed by atoms with Crippen molar-refractivity contribution in [3.63, 3.8) is 0 Å². The molecule has 0 unspecified atom stereocenters. The Kier molecular flexibility index (Phi) is 8.60. The zero-order valence-electron chi connectivity index (χ0n) is 20.2. The van der Waals surface area contributed by atoms with Gasteiger partial charge in [-0.25, -0.2) is 4.99 Å². The van der Waals surface area contributed by atoms with E-state index in [2.05, 4.69) is 37.2 Å². The first-order valence-corrected chi connectivity index (χ1v) is 15.1. The molecule has 188 valence electrons. The summed E-state index contributed by atoms with van der Waals surface area (Å²) in [5.74, 6) is 0.782. The molecule has 3 aromatic rings. The van der Waals surface area contributed by atoms with Crippen LogP contribution in [-0.4, -0.2) is 18.2 Å². The Morgan fingerprint density at radius 3 is 2.64 bits per heavy atom. The minimum Gasteiger partial charge on any atom is -0.487 e. The summed E-state index contributed by atoms with van der Waals surface area (Å²) < 4.78 is 8.01. The highest BCUT2D eigenvalue weighted by molar-refractivity contribution is 9.11. The predicted molar refractivity (Wildman–Crippen MR) is 155 cm³/mol. The van der Waals surface area contributed by atoms with Gasteiger partial charge in [0, 0.05) is 27.2 Å². The average Bonchev–Trinajstić information content (AvgIpc) is 3.26. The van der Waals surface area contributed by atoms with Crippen LogP contribution >= 0.6 is 43.2 Å². The van der Waals surface area contributed by atoms with Crippen molar-refractivity contribution in [3.8, 4) is 5.75 Å². The first kappa shape index (κ1) is 25.7. The third kappa shape index (κ3) is 6.12. The van der Waals surface area contributed by atoms with Crippen LogP contribution in [0.4, 0.5) is 5.00 Å². The molecule has 4 nitrogen and oxygen atoms in total. The number of amides is 1. The molecule has 36 heavy (non-hydrogen) atoms. The van der Waals surface area contributed by atoms with Crippen molar-refractivity contribution in [2.24, 2.45) is 4.99 Å². The number of thiophene rings is 1. The van der Waals surface area contributed by atoms with Crippen LogP contribution in [0, 0.1) is 0 Å². The smallest absolute Gasteiger partial charge is 0.254 e. The Bertz CT molecular complexity index is 1250. The first-order chi connectivity index (χ1) is 17.6. The van der Waals surface area contributed by atoms with E-state index in [9.17, 15) is 4.79 Å². The highest BCUT2D eigenvalue weighted by atomic mass is 79.9. The van der Waals surface area contributed by atoms with Gasteiger partial charge in [0.05, 0.1) is 10.0 Å². The molecule has 5 rings (SSSR count). The van der Waals surface area contributed by atoms with Gasteiger partial charge in [-0.05, 0) is 77.7 Å². The van der Waals surface area contributed by atoms with Crippen molar-refractivity contribution in [2.45, 2.75) is 70.4 Å². The van der Waals surface area contributed by atoms with E-state index in [1.807, 2.05) is 48.7 Å². The Balaban J connectivity index is 1.44. The van der Waals surface area contributed by atoms with E-state index in [0.29, 0.717) is 6.61 Å². The summed E-state index contributed by atoms with van der Waals surface area (Å²) in [6.45, 7) is 0.463. The lowest BCUT2D eigenvalue weighted by Gasteiger charge is -2.23. The number of nitrogens with one attached hydrogen (secondary N) is 1. The number of fused-ring (bicyclic) bond motifs is 1. The molecule has 0 bridgehead atoms. The van der Waals surface area contributed by atoms with Crippen molar-refractivity contribution in [1.82, 2.24) is 5.32 Å². The third-order valence-electron chi connectivity index (χ3n) is 6.90. The topological polar surface area (TPSA) is 50.7 Å². The van der Waals surface area contributed by atoms with Gasteiger partial charge in [-0.1, -0.05) is 65.5 Å². The SMILES string of the molecule is O=C(NC1CCCCC1)c1c(N=Cc2cc(Br)cc(Br)c2OCc2ccccc2)sc2c1CCCC2. The number of hydrogen-bond donors (Lipinski definition) is 1. The highest BCUT2D eigenvalue weighted by Crippen LogP contribution is 2.41. The molecule has 2 aliphatic rings. The van der Waals surface area contributed by atoms with Crippen LogP contribution in [-0.2, 0) is 19.4 Å². The van der Waals surface area contributed by atoms with E-state index in [-0.39, 0.29) is 11.9 Å². The number of nitrogens with zero attached hydrogens (tertiary/aromatic N) is 1. The second-order valence-electron chi connectivity index (χ2n) is 9.54. The number of aliphatic imine (C=N–C) groups is 1. The molecule has 1 N–H and O–H groups in total. The standard InChI is InChI=1S/C29H30Br2N2O2S/c30-21-15-20(27(24(31)16-21)35-18-19-9-3-1-4-10-19)17-32-29-26(23-13-7-8-14-25(23)36-29)28(34)33-22-11-5-2-6-12-22/h1,3-4,9-10,15-17,22H,2,5-8,11-14,18H2,(H,33,34). The normalized spacial score (nSPS) is 16.2. The number of carbonyl (C=O) groups excluding carboxylic acids is 1. The lowest BCUT2D eigenvalue weighted by Crippen LogP contribution is -2.36. The second kappa shape index (κ2) is 12.1. The van der Waals surface area contributed by atoms with Crippen molar-refractivity contribution >= 4 is 60.3 Å². The number of benzene rings is 2. The van der Waals surface area contributed by atoms with Crippen LogP contribution in [0.5, 0.6) is 5.75 Å². The number of hydrogen-bond acceptors (Lipinski definition) is 4. The second-order valence-corrected chi connectivity index (χ2v) is 12.4. The van der Waals surface area contributed by atoms with Crippen LogP contribution in [0.2, 0.25) is 0 Å². The van der Waals surface area contributed by atoms with Crippen molar-refractivity contribution in [1.29, 1.82) is 0 Å². The van der Waals surface area contributed by atoms with Gasteiger partial charge in [-0.15, -0.1) is 11.3 Å². The van der Waals surface area contributed by atoms with Crippen molar-refractivity contribution in [2.75, 3.05) is 0 Å². The van der Waals surface area contributed by atoms with E-state index in [1.54, 1.807) is 11.3 Å². The Morgan fingerprint density at radius 1 is 1.06 bits per heavy atom. The molecule has 2 aromatic carbocycles. The molecule has 1 aromatic heterocycles. The first-order valence-electron chi connectivity index (χ1n) is 12.7. The van der Waals surface area contributed by atoms with E-state index in [4.69, 9.17) is 9.73 Å². The lowest BCUT2D eigenvalue weighted by molar-refractivity contribution is 0.0927. The van der Waals surface area contributed by atoms with Gasteiger partial charge in [0.15, 0.2) is 0 Å². The molecular formula is C29H30Br2N2O2S. The quantitative estimate of drug-likeness (QED) is 0.266. The van der Waals surface area contributed by atoms with E-state index in [0.717, 1.165) is 68.5 Å². The molecule has 1 amide bonds. The van der Waals surface area contributed by atoms with Crippen LogP contribution in [0.3, 0.4) is 0 Å². The fourth-order valence-electron chi connectivity index (χ4n) is 5.07. The Hall–Kier alpha value is -1.96. The summed E-state index contributed by atoms with van der Waals surface area (Å²) in [7, 11) is 0. The van der Waals surface area contributed by atoms with Gasteiger partial charge < -0.3 is 10.1 Å². The molecule has 0 radical (unpaired) electrons. The maximum Gasteiger partial charge on any atom is 0.254 e. The Labute approximate surface area is 233 Å². The molecule has 1 saturated carbocycles. The highest BCUT2D eigenvalue weighted by Gasteiger charge is 2.27. The van der Waals surface area contributed by atoms with Crippen LogP contribution in [0.25, 0.3) is 0 Å². The number of carbonyl (C=O) groups is 1. The van der Waals surface area contributed by atoms with Gasteiger partial charge in [-0.3, -0.25) is 4.79 Å². The van der Waals surface area contributed by atoms with Crippen LogP contribution in [0.1, 0.15) is 76.9 Å². The van der Waals surface area contributed by atoms with E-state index >= 15 is 0 Å². The largest absolute Gasteiger partial charge is 0.487 e. The fraction of sp³-hybridized carbons (Fsp3) is 0.379. The molecule has 1 heterocycles. The molecule has 2 aliphatic carbocycles. The summed E-state index contributed by atoms with van der Waals surface area (Å²) in [6.07, 6.45) is 12.0. The summed E-state index contributed by atoms with van der Waals surface area (Å²) in [6, 6.07) is 14.4. The molecule has 1 fully saturated rings. The summed E-state index contributed by atoms with van der Waals surface area (Å²) >= 11 is 8.93. The monoisotopic (exact) mass is 628 g/mol. The molecule has 0 spiro atoms. The molecule has 0 saturated heterocycles. The minimum absolute atomic E-state index is 0.0458. The molecule has 0 atom stereocenters. The number of aryl methyl sites for hydroxylation is 1. The van der Waals surface area contributed by atoms with Crippen LogP contribution in [0.15, 0.2) is 56.4 Å². The minimum atomic E-state index is 0.0458. The fourth-order valence-corrected chi connectivity index (χ4v) is 7.67.